The summed E-state index contributed by atoms with van der Waals surface area (Å²) in [7, 11) is 0. The van der Waals surface area contributed by atoms with Crippen molar-refractivity contribution in [1.29, 1.82) is 0 Å². The van der Waals surface area contributed by atoms with Gasteiger partial charge in [0, 0.05) is 0 Å². The van der Waals surface area contributed by atoms with Gasteiger partial charge in [-0.15, -0.1) is 0 Å². The van der Waals surface area contributed by atoms with Crippen LogP contribution < -0.4 is 0 Å². The fraction of sp³-hybridized carbons (Fsp3) is 0.600. The molecule has 0 radical (unpaired) electrons. The maximum absolute atomic E-state index is 2.42. The molecule has 1 aliphatic carbocycles. The quantitative estimate of drug-likeness (QED) is 0.614. The van der Waals surface area contributed by atoms with E-state index >= 15 is 0 Å². The van der Waals surface area contributed by atoms with Gasteiger partial charge in [-0.25, -0.2) is 0 Å². The summed E-state index contributed by atoms with van der Waals surface area (Å²) >= 11 is 5.90. The van der Waals surface area contributed by atoms with E-state index in [1.54, 1.807) is 4.24 Å². The second-order valence-electron chi connectivity index (χ2n) is 3.68. The van der Waals surface area contributed by atoms with Crippen molar-refractivity contribution in [2.24, 2.45) is 0 Å². The predicted octanol–water partition coefficient (Wildman–Crippen LogP) is 2.80. The van der Waals surface area contributed by atoms with Crippen LogP contribution in [0.2, 0.25) is 0 Å². The zero-order chi connectivity index (χ0) is 9.38. The van der Waals surface area contributed by atoms with Crippen molar-refractivity contribution in [3.63, 3.8) is 0 Å². The number of hydrogen-bond donors (Lipinski definition) is 0. The van der Waals surface area contributed by atoms with E-state index in [1.807, 2.05) is 3.37 Å². The van der Waals surface area contributed by atoms with Crippen LogP contribution in [0.5, 0.6) is 0 Å². The van der Waals surface area contributed by atoms with Crippen LogP contribution in [0.15, 0.2) is 17.6 Å². The van der Waals surface area contributed by atoms with E-state index in [0.29, 0.717) is 0 Å². The average Bonchev–Trinajstić information content (AvgIpc) is 2.86. The Balaban J connectivity index is 1.76. The van der Waals surface area contributed by atoms with Crippen molar-refractivity contribution in [2.45, 2.75) is 36.2 Å². The summed E-state index contributed by atoms with van der Waals surface area (Å²) in [4.78, 5) is 4.83. The van der Waals surface area contributed by atoms with Crippen molar-refractivity contribution < 1.29 is 0 Å². The number of rotatable bonds is 0. The second kappa shape index (κ2) is 4.61. The number of hydrogen-bond acceptors (Lipinski definition) is 2. The van der Waals surface area contributed by atoms with Crippen molar-refractivity contribution in [2.75, 3.05) is 0 Å². The van der Waals surface area contributed by atoms with E-state index in [0.717, 1.165) is 40.4 Å². The van der Waals surface area contributed by atoms with Gasteiger partial charge < -0.3 is 0 Å². The summed E-state index contributed by atoms with van der Waals surface area (Å²) < 4.78 is 3.57. The van der Waals surface area contributed by atoms with Crippen LogP contribution in [0, 0.1) is 0 Å². The van der Waals surface area contributed by atoms with Gasteiger partial charge in [-0.1, -0.05) is 0 Å². The second-order valence-corrected chi connectivity index (χ2v) is 11.6. The molecule has 3 aliphatic rings. The third-order valence-electron chi connectivity index (χ3n) is 2.73. The van der Waals surface area contributed by atoms with Crippen LogP contribution in [0.25, 0.3) is 0 Å². The third-order valence-corrected chi connectivity index (χ3v) is 13.1. The summed E-state index contributed by atoms with van der Waals surface area (Å²) in [6, 6.07) is 0. The van der Waals surface area contributed by atoms with Gasteiger partial charge in [0.05, 0.1) is 0 Å². The minimum absolute atomic E-state index is 0.725. The molecule has 2 atom stereocenters. The van der Waals surface area contributed by atoms with Gasteiger partial charge in [-0.05, 0) is 0 Å². The molecule has 4 heteroatoms. The Hall–Kier alpha value is 1.22. The van der Waals surface area contributed by atoms with E-state index < -0.39 is 0 Å². The summed E-state index contributed by atoms with van der Waals surface area (Å²) in [6.07, 6.45) is 5.91. The summed E-state index contributed by atoms with van der Waals surface area (Å²) in [5.41, 5.74) is 0. The van der Waals surface area contributed by atoms with Gasteiger partial charge in [-0.2, -0.15) is 0 Å². The average molecular weight is 354 g/mol. The van der Waals surface area contributed by atoms with E-state index in [-0.39, 0.29) is 0 Å². The molecule has 1 saturated heterocycles. The molecule has 1 saturated carbocycles. The van der Waals surface area contributed by atoms with Crippen molar-refractivity contribution in [1.82, 2.24) is 0 Å². The van der Waals surface area contributed by atoms with Gasteiger partial charge in [0.2, 0.25) is 0 Å². The molecule has 0 bridgehead atoms. The van der Waals surface area contributed by atoms with E-state index in [9.17, 15) is 0 Å². The zero-order valence-electron chi connectivity index (χ0n) is 7.77. The molecule has 76 valence electrons. The molecule has 0 aromatic carbocycles. The molecule has 2 heterocycles. The summed E-state index contributed by atoms with van der Waals surface area (Å²) in [6.45, 7) is 0. The first-order chi connectivity index (χ1) is 6.93. The molecular weight excluding hydrogens is 342 g/mol. The number of thioether (sulfide) groups is 2. The van der Waals surface area contributed by atoms with Crippen LogP contribution in [0.3, 0.4) is 0 Å². The van der Waals surface area contributed by atoms with E-state index in [2.05, 4.69) is 33.5 Å². The van der Waals surface area contributed by atoms with Crippen LogP contribution in [0.4, 0.5) is 0 Å². The Morgan fingerprint density at radius 2 is 1.57 bits per heavy atom. The van der Waals surface area contributed by atoms with Crippen LogP contribution in [-0.4, -0.2) is 40.4 Å². The molecule has 0 nitrogen and oxygen atoms in total. The molecule has 14 heavy (non-hydrogen) atoms. The van der Waals surface area contributed by atoms with Crippen LogP contribution >= 0.6 is 23.5 Å². The molecule has 2 unspecified atom stereocenters. The Bertz CT molecular complexity index is 272. The predicted molar refractivity (Wildman–Crippen MR) is 68.9 cm³/mol. The monoisotopic (exact) mass is 356 g/mol. The van der Waals surface area contributed by atoms with Gasteiger partial charge in [0.15, 0.2) is 0 Å². The number of fused-ring (bicyclic) bond motifs is 1. The summed E-state index contributed by atoms with van der Waals surface area (Å²) in [5, 5.41) is 1.95. The van der Waals surface area contributed by atoms with Crippen LogP contribution in [0.1, 0.15) is 25.7 Å². The molecule has 0 spiro atoms. The molecule has 0 aromatic rings. The standard InChI is InChI=1S/C10H12S2Se2/c1-2-4-8-7(3-1)11-9(12-8)10-13-5-6-14-10/h5-8H,1-4H2. The molecule has 3 rings (SSSR count). The van der Waals surface area contributed by atoms with Crippen molar-refractivity contribution in [3.05, 3.63) is 17.6 Å². The third kappa shape index (κ3) is 2.03. The fourth-order valence-electron chi connectivity index (χ4n) is 2.03. The molecule has 0 aromatic heterocycles. The molecular formula is C10H12S2Se2. The van der Waals surface area contributed by atoms with Gasteiger partial charge in [-0.3, -0.25) is 0 Å². The topological polar surface area (TPSA) is 0 Å². The SMILES string of the molecule is C1=C[Se]C(=C2SC3CCCCC3S2)[Se]1. The van der Waals surface area contributed by atoms with Gasteiger partial charge in [0.25, 0.3) is 0 Å². The Morgan fingerprint density at radius 1 is 1.00 bits per heavy atom. The Morgan fingerprint density at radius 3 is 2.14 bits per heavy atom. The van der Waals surface area contributed by atoms with Gasteiger partial charge in [0.1, 0.15) is 0 Å². The normalized spacial score (nSPS) is 36.6. The first-order valence-corrected chi connectivity index (χ1v) is 10.4. The Kier molecular flexibility index (Phi) is 3.42. The zero-order valence-corrected chi connectivity index (χ0v) is 12.8. The fourth-order valence-corrected chi connectivity index (χ4v) is 11.7. The first-order valence-electron chi connectivity index (χ1n) is 4.99. The summed E-state index contributed by atoms with van der Waals surface area (Å²) in [5.74, 6) is 0. The van der Waals surface area contributed by atoms with Crippen molar-refractivity contribution in [3.8, 4) is 0 Å². The van der Waals surface area contributed by atoms with E-state index in [1.165, 1.54) is 25.7 Å². The maximum atomic E-state index is 2.42. The van der Waals surface area contributed by atoms with Crippen molar-refractivity contribution >= 4 is 53.4 Å². The molecule has 0 amide bonds. The first kappa shape index (κ1) is 10.4. The van der Waals surface area contributed by atoms with E-state index in [4.69, 9.17) is 0 Å². The van der Waals surface area contributed by atoms with Gasteiger partial charge >= 0.3 is 107 Å². The molecule has 2 aliphatic heterocycles. The Labute approximate surface area is 106 Å². The molecule has 2 fully saturated rings. The van der Waals surface area contributed by atoms with Crippen LogP contribution in [-0.2, 0) is 0 Å². The minimum atomic E-state index is 0.725. The molecule has 0 N–H and O–H groups in total.